The average Bonchev–Trinajstić information content (AvgIpc) is 3.45. The van der Waals surface area contributed by atoms with E-state index in [1.165, 1.54) is 27.6 Å². The molecule has 0 fully saturated rings. The highest BCUT2D eigenvalue weighted by atomic mass is 16.5. The minimum atomic E-state index is -0.513. The van der Waals surface area contributed by atoms with Crippen molar-refractivity contribution >= 4 is 10.8 Å². The van der Waals surface area contributed by atoms with Crippen LogP contribution in [0.15, 0.2) is 164 Å². The van der Waals surface area contributed by atoms with E-state index in [2.05, 4.69) is 127 Å². The van der Waals surface area contributed by atoms with Crippen LogP contribution in [-0.4, -0.2) is 15.0 Å². The maximum atomic E-state index is 6.76. The number of aromatic nitrogens is 3. The predicted molar refractivity (Wildman–Crippen MR) is 191 cm³/mol. The molecular formula is C44H27N3O. The van der Waals surface area contributed by atoms with Gasteiger partial charge in [0.15, 0.2) is 17.5 Å². The van der Waals surface area contributed by atoms with Gasteiger partial charge in [-0.25, -0.2) is 15.0 Å². The van der Waals surface area contributed by atoms with Crippen molar-refractivity contribution in [3.8, 4) is 56.8 Å². The van der Waals surface area contributed by atoms with Gasteiger partial charge in [-0.15, -0.1) is 0 Å². The van der Waals surface area contributed by atoms with E-state index in [-0.39, 0.29) is 0 Å². The quantitative estimate of drug-likeness (QED) is 0.199. The minimum Gasteiger partial charge on any atom is -0.457 e. The molecule has 1 aliphatic heterocycles. The number of nitrogens with zero attached hydrogens (tertiary/aromatic N) is 3. The molecule has 8 aromatic rings. The number of hydrogen-bond acceptors (Lipinski definition) is 4. The third-order valence-corrected chi connectivity index (χ3v) is 9.78. The standard InChI is InChI=1S/C44H27N3O/c1-2-13-29(14-3-1)41-45-42(31-23-22-28-12-4-5-15-30(28)26-31)47-43(46-41)32-24-25-38-40(27-32)48-39-21-11-10-20-37(39)44(38)35-18-8-6-16-33(35)34-17-7-9-19-36(34)44/h1-27H. The second kappa shape index (κ2) is 10.3. The molecule has 10 rings (SSSR count). The molecule has 1 aromatic heterocycles. The Kier molecular flexibility index (Phi) is 5.75. The monoisotopic (exact) mass is 613 g/mol. The predicted octanol–water partition coefficient (Wildman–Crippen LogP) is 10.5. The van der Waals surface area contributed by atoms with Crippen LogP contribution in [0.1, 0.15) is 22.3 Å². The van der Waals surface area contributed by atoms with Gasteiger partial charge in [0, 0.05) is 27.8 Å². The second-order valence-corrected chi connectivity index (χ2v) is 12.4. The zero-order chi connectivity index (χ0) is 31.7. The molecule has 7 aromatic carbocycles. The summed E-state index contributed by atoms with van der Waals surface area (Å²) in [4.78, 5) is 15.1. The summed E-state index contributed by atoms with van der Waals surface area (Å²) in [6.45, 7) is 0. The van der Waals surface area contributed by atoms with Crippen LogP contribution in [0.4, 0.5) is 0 Å². The van der Waals surface area contributed by atoms with Crippen LogP contribution in [0.3, 0.4) is 0 Å². The Morgan fingerprint density at radius 2 is 0.875 bits per heavy atom. The molecule has 0 atom stereocenters. The third-order valence-electron chi connectivity index (χ3n) is 9.78. The fourth-order valence-corrected chi connectivity index (χ4v) is 7.68. The fraction of sp³-hybridized carbons (Fsp3) is 0.0227. The summed E-state index contributed by atoms with van der Waals surface area (Å²) in [5, 5.41) is 2.32. The van der Waals surface area contributed by atoms with Crippen molar-refractivity contribution in [1.82, 2.24) is 15.0 Å². The van der Waals surface area contributed by atoms with Crippen molar-refractivity contribution in [3.63, 3.8) is 0 Å². The summed E-state index contributed by atoms with van der Waals surface area (Å²) in [6, 6.07) is 57.2. The number of hydrogen-bond donors (Lipinski definition) is 0. The molecule has 0 bridgehead atoms. The van der Waals surface area contributed by atoms with Gasteiger partial charge in [-0.05, 0) is 51.2 Å². The molecule has 0 radical (unpaired) electrons. The van der Waals surface area contributed by atoms with Crippen LogP contribution < -0.4 is 4.74 Å². The molecule has 48 heavy (non-hydrogen) atoms. The molecule has 0 saturated carbocycles. The van der Waals surface area contributed by atoms with Crippen LogP contribution in [0.2, 0.25) is 0 Å². The minimum absolute atomic E-state index is 0.513. The van der Waals surface area contributed by atoms with E-state index in [4.69, 9.17) is 19.7 Å². The van der Waals surface area contributed by atoms with Gasteiger partial charge in [0.2, 0.25) is 0 Å². The van der Waals surface area contributed by atoms with Crippen LogP contribution in [0.5, 0.6) is 11.5 Å². The van der Waals surface area contributed by atoms with Crippen LogP contribution in [0.25, 0.3) is 56.1 Å². The summed E-state index contributed by atoms with van der Waals surface area (Å²) >= 11 is 0. The lowest BCUT2D eigenvalue weighted by molar-refractivity contribution is 0.436. The number of para-hydroxylation sites is 1. The Morgan fingerprint density at radius 1 is 0.354 bits per heavy atom. The Bertz CT molecular complexity index is 2510. The zero-order valence-electron chi connectivity index (χ0n) is 25.8. The first kappa shape index (κ1) is 26.8. The van der Waals surface area contributed by atoms with Gasteiger partial charge in [-0.3, -0.25) is 0 Å². The molecule has 1 spiro atoms. The highest BCUT2D eigenvalue weighted by Gasteiger charge is 2.50. The lowest BCUT2D eigenvalue weighted by atomic mass is 9.66. The van der Waals surface area contributed by atoms with Crippen molar-refractivity contribution in [1.29, 1.82) is 0 Å². The first-order valence-corrected chi connectivity index (χ1v) is 16.2. The maximum Gasteiger partial charge on any atom is 0.164 e. The lowest BCUT2D eigenvalue weighted by Gasteiger charge is -2.39. The molecule has 4 nitrogen and oxygen atoms in total. The average molecular weight is 614 g/mol. The van der Waals surface area contributed by atoms with E-state index in [0.717, 1.165) is 44.7 Å². The second-order valence-electron chi connectivity index (χ2n) is 12.4. The van der Waals surface area contributed by atoms with E-state index >= 15 is 0 Å². The van der Waals surface area contributed by atoms with Gasteiger partial charge in [0.1, 0.15) is 11.5 Å². The Labute approximate surface area is 278 Å². The smallest absolute Gasteiger partial charge is 0.164 e. The van der Waals surface area contributed by atoms with Crippen LogP contribution >= 0.6 is 0 Å². The highest BCUT2D eigenvalue weighted by Crippen LogP contribution is 2.62. The van der Waals surface area contributed by atoms with E-state index < -0.39 is 5.41 Å². The van der Waals surface area contributed by atoms with Gasteiger partial charge in [0.05, 0.1) is 5.41 Å². The number of fused-ring (bicyclic) bond motifs is 10. The lowest BCUT2D eigenvalue weighted by Crippen LogP contribution is -2.32. The first-order chi connectivity index (χ1) is 23.8. The Morgan fingerprint density at radius 3 is 1.60 bits per heavy atom. The summed E-state index contributed by atoms with van der Waals surface area (Å²) in [5.41, 5.74) is 9.52. The Hall–Kier alpha value is -6.39. The van der Waals surface area contributed by atoms with Gasteiger partial charge in [-0.2, -0.15) is 0 Å². The van der Waals surface area contributed by atoms with Crippen molar-refractivity contribution in [3.05, 3.63) is 186 Å². The molecule has 1 aliphatic carbocycles. The first-order valence-electron chi connectivity index (χ1n) is 16.2. The molecular weight excluding hydrogens is 587 g/mol. The largest absolute Gasteiger partial charge is 0.457 e. The van der Waals surface area contributed by atoms with Gasteiger partial charge >= 0.3 is 0 Å². The maximum absolute atomic E-state index is 6.76. The zero-order valence-corrected chi connectivity index (χ0v) is 25.8. The van der Waals surface area contributed by atoms with Gasteiger partial charge in [-0.1, -0.05) is 146 Å². The van der Waals surface area contributed by atoms with Crippen molar-refractivity contribution < 1.29 is 4.74 Å². The summed E-state index contributed by atoms with van der Waals surface area (Å²) in [6.07, 6.45) is 0. The summed E-state index contributed by atoms with van der Waals surface area (Å²) in [7, 11) is 0. The van der Waals surface area contributed by atoms with Crippen molar-refractivity contribution in [2.75, 3.05) is 0 Å². The fourth-order valence-electron chi connectivity index (χ4n) is 7.68. The van der Waals surface area contributed by atoms with Gasteiger partial charge in [0.25, 0.3) is 0 Å². The molecule has 0 saturated heterocycles. The third kappa shape index (κ3) is 3.86. The molecule has 2 aliphatic rings. The van der Waals surface area contributed by atoms with E-state index in [1.54, 1.807) is 0 Å². The molecule has 0 amide bonds. The summed E-state index contributed by atoms with van der Waals surface area (Å²) < 4.78 is 6.76. The van der Waals surface area contributed by atoms with Crippen LogP contribution in [-0.2, 0) is 5.41 Å². The SMILES string of the molecule is c1ccc(-c2nc(-c3ccc4c(c3)Oc3ccccc3C43c4ccccc4-c4ccccc43)nc(-c3ccc4ccccc4c3)n2)cc1. The Balaban J connectivity index is 1.19. The van der Waals surface area contributed by atoms with Crippen molar-refractivity contribution in [2.24, 2.45) is 0 Å². The van der Waals surface area contributed by atoms with E-state index in [1.807, 2.05) is 36.4 Å². The van der Waals surface area contributed by atoms with Crippen molar-refractivity contribution in [2.45, 2.75) is 5.41 Å². The highest BCUT2D eigenvalue weighted by molar-refractivity contribution is 5.89. The molecule has 2 heterocycles. The summed E-state index contributed by atoms with van der Waals surface area (Å²) in [5.74, 6) is 3.50. The number of ether oxygens (including phenoxy) is 1. The molecule has 0 N–H and O–H groups in total. The molecule has 224 valence electrons. The van der Waals surface area contributed by atoms with Gasteiger partial charge < -0.3 is 4.74 Å². The van der Waals surface area contributed by atoms with E-state index in [9.17, 15) is 0 Å². The number of benzene rings is 7. The topological polar surface area (TPSA) is 47.9 Å². The van der Waals surface area contributed by atoms with E-state index in [0.29, 0.717) is 17.5 Å². The normalized spacial score (nSPS) is 13.3. The number of rotatable bonds is 3. The molecule has 0 unspecified atom stereocenters. The molecule has 4 heteroatoms. The van der Waals surface area contributed by atoms with Crippen LogP contribution in [0, 0.1) is 0 Å².